The Morgan fingerprint density at radius 2 is 1.53 bits per heavy atom. The van der Waals surface area contributed by atoms with E-state index in [1.54, 1.807) is 0 Å². The van der Waals surface area contributed by atoms with Gasteiger partial charge in [-0.2, -0.15) is 0 Å². The molecule has 0 aromatic heterocycles. The largest absolute Gasteiger partial charge is 0.353 e. The monoisotopic (exact) mass is 467 g/mol. The number of likely N-dealkylation sites (tertiary alicyclic amines) is 1. The van der Waals surface area contributed by atoms with Gasteiger partial charge in [0.25, 0.3) is 0 Å². The van der Waals surface area contributed by atoms with Crippen LogP contribution in [0.4, 0.5) is 0 Å². The van der Waals surface area contributed by atoms with Crippen LogP contribution in [0.15, 0.2) is 0 Å². The fraction of sp³-hybridized carbons (Fsp3) is 0.917. The maximum absolute atomic E-state index is 13.5. The van der Waals surface area contributed by atoms with E-state index in [9.17, 15) is 18.0 Å². The van der Waals surface area contributed by atoms with Crippen molar-refractivity contribution in [3.05, 3.63) is 0 Å². The molecular formula is C24H41N3O4S. The van der Waals surface area contributed by atoms with Gasteiger partial charge in [0.1, 0.15) is 0 Å². The standard InChI is InChI=1S/C24H41N3O4S/c28-23(27(21-11-5-2-6-12-21)22-13-15-32(30,31)18-22)17-26-14-7-8-19(16-26)24(29)25-20-9-3-1-4-10-20/h19-22H,1-18H2,(H,25,29). The number of piperidine rings is 1. The van der Waals surface area contributed by atoms with Crippen LogP contribution in [0.5, 0.6) is 0 Å². The lowest BCUT2D eigenvalue weighted by molar-refractivity contribution is -0.139. The highest BCUT2D eigenvalue weighted by atomic mass is 32.2. The predicted octanol–water partition coefficient (Wildman–Crippen LogP) is 2.50. The molecule has 2 atom stereocenters. The first-order valence-electron chi connectivity index (χ1n) is 13.0. The van der Waals surface area contributed by atoms with E-state index < -0.39 is 9.84 Å². The van der Waals surface area contributed by atoms with Gasteiger partial charge in [0.05, 0.1) is 24.0 Å². The highest BCUT2D eigenvalue weighted by molar-refractivity contribution is 7.91. The molecule has 0 aromatic rings. The van der Waals surface area contributed by atoms with Crippen molar-refractivity contribution in [3.63, 3.8) is 0 Å². The molecule has 0 radical (unpaired) electrons. The van der Waals surface area contributed by atoms with E-state index in [-0.39, 0.29) is 41.3 Å². The first-order valence-corrected chi connectivity index (χ1v) is 14.8. The molecule has 4 aliphatic rings. The van der Waals surface area contributed by atoms with Gasteiger partial charge in [-0.15, -0.1) is 0 Å². The Hall–Kier alpha value is -1.15. The summed E-state index contributed by atoms with van der Waals surface area (Å²) in [5.41, 5.74) is 0. The average molecular weight is 468 g/mol. The second kappa shape index (κ2) is 10.9. The summed E-state index contributed by atoms with van der Waals surface area (Å²) in [5.74, 6) is 0.476. The number of hydrogen-bond acceptors (Lipinski definition) is 5. The number of rotatable bonds is 6. The minimum Gasteiger partial charge on any atom is -0.353 e. The van der Waals surface area contributed by atoms with Gasteiger partial charge in [-0.25, -0.2) is 8.42 Å². The van der Waals surface area contributed by atoms with Gasteiger partial charge in [-0.3, -0.25) is 14.5 Å². The number of hydrogen-bond donors (Lipinski definition) is 1. The van der Waals surface area contributed by atoms with Gasteiger partial charge in [0, 0.05) is 24.7 Å². The van der Waals surface area contributed by atoms with Crippen molar-refractivity contribution in [2.45, 2.75) is 102 Å². The van der Waals surface area contributed by atoms with Crippen molar-refractivity contribution < 1.29 is 18.0 Å². The van der Waals surface area contributed by atoms with Crippen LogP contribution in [0.2, 0.25) is 0 Å². The Morgan fingerprint density at radius 1 is 0.844 bits per heavy atom. The molecule has 0 bridgehead atoms. The van der Waals surface area contributed by atoms with Crippen molar-refractivity contribution >= 4 is 21.7 Å². The smallest absolute Gasteiger partial charge is 0.237 e. The maximum Gasteiger partial charge on any atom is 0.237 e. The van der Waals surface area contributed by atoms with Crippen molar-refractivity contribution in [2.75, 3.05) is 31.1 Å². The summed E-state index contributed by atoms with van der Waals surface area (Å²) in [6, 6.07) is 0.315. The van der Waals surface area contributed by atoms with Crippen LogP contribution in [0.1, 0.15) is 83.5 Å². The Bertz CT molecular complexity index is 759. The zero-order chi connectivity index (χ0) is 22.6. The third kappa shape index (κ3) is 6.25. The second-order valence-electron chi connectivity index (χ2n) is 10.6. The molecule has 0 aromatic carbocycles. The van der Waals surface area contributed by atoms with E-state index in [1.165, 1.54) is 25.7 Å². The van der Waals surface area contributed by atoms with Gasteiger partial charge in [0.15, 0.2) is 9.84 Å². The molecule has 2 amide bonds. The SMILES string of the molecule is O=C(NC1CCCCC1)C1CCCN(CC(=O)N(C2CCCCC2)C2CCS(=O)(=O)C2)C1. The highest BCUT2D eigenvalue weighted by Crippen LogP contribution is 2.29. The van der Waals surface area contributed by atoms with Gasteiger partial charge < -0.3 is 10.2 Å². The normalized spacial score (nSPS) is 30.1. The van der Waals surface area contributed by atoms with E-state index in [0.29, 0.717) is 25.6 Å². The third-order valence-corrected chi connectivity index (χ3v) is 9.79. The lowest BCUT2D eigenvalue weighted by Gasteiger charge is -2.40. The summed E-state index contributed by atoms with van der Waals surface area (Å²) in [6.07, 6.45) is 13.6. The predicted molar refractivity (Wildman–Crippen MR) is 125 cm³/mol. The van der Waals surface area contributed by atoms with Crippen LogP contribution >= 0.6 is 0 Å². The maximum atomic E-state index is 13.5. The molecule has 4 fully saturated rings. The van der Waals surface area contributed by atoms with Crippen LogP contribution in [-0.2, 0) is 19.4 Å². The minimum atomic E-state index is -3.04. The molecule has 32 heavy (non-hydrogen) atoms. The number of carbonyl (C=O) groups is 2. The van der Waals surface area contributed by atoms with Crippen molar-refractivity contribution in [1.29, 1.82) is 0 Å². The van der Waals surface area contributed by atoms with Crippen LogP contribution < -0.4 is 5.32 Å². The molecule has 4 rings (SSSR count). The molecule has 2 unspecified atom stereocenters. The molecular weight excluding hydrogens is 426 g/mol. The number of nitrogens with one attached hydrogen (secondary N) is 1. The molecule has 2 aliphatic carbocycles. The Labute approximate surface area is 193 Å². The van der Waals surface area contributed by atoms with E-state index in [4.69, 9.17) is 0 Å². The Balaban J connectivity index is 1.36. The van der Waals surface area contributed by atoms with Gasteiger partial charge in [0.2, 0.25) is 11.8 Å². The summed E-state index contributed by atoms with van der Waals surface area (Å²) in [6.45, 7) is 1.77. The third-order valence-electron chi connectivity index (χ3n) is 8.04. The first kappa shape index (κ1) is 24.0. The molecule has 2 aliphatic heterocycles. The molecule has 2 saturated carbocycles. The van der Waals surface area contributed by atoms with Crippen molar-refractivity contribution in [1.82, 2.24) is 15.1 Å². The average Bonchev–Trinajstić information content (AvgIpc) is 3.14. The van der Waals surface area contributed by atoms with Crippen LogP contribution in [0.25, 0.3) is 0 Å². The van der Waals surface area contributed by atoms with Crippen LogP contribution in [0, 0.1) is 5.92 Å². The zero-order valence-electron chi connectivity index (χ0n) is 19.5. The zero-order valence-corrected chi connectivity index (χ0v) is 20.3. The Morgan fingerprint density at radius 3 is 2.19 bits per heavy atom. The summed E-state index contributed by atoms with van der Waals surface area (Å²) >= 11 is 0. The minimum absolute atomic E-state index is 0.0477. The summed E-state index contributed by atoms with van der Waals surface area (Å²) in [4.78, 5) is 30.4. The van der Waals surface area contributed by atoms with E-state index in [0.717, 1.165) is 57.9 Å². The number of sulfone groups is 1. The molecule has 2 saturated heterocycles. The summed E-state index contributed by atoms with van der Waals surface area (Å²) in [7, 11) is -3.04. The molecule has 0 spiro atoms. The first-order chi connectivity index (χ1) is 15.4. The lowest BCUT2D eigenvalue weighted by atomic mass is 9.92. The van der Waals surface area contributed by atoms with Crippen LogP contribution in [0.3, 0.4) is 0 Å². The van der Waals surface area contributed by atoms with Crippen molar-refractivity contribution in [2.24, 2.45) is 5.92 Å². The number of nitrogens with zero attached hydrogens (tertiary/aromatic N) is 2. The fourth-order valence-electron chi connectivity index (χ4n) is 6.31. The molecule has 2 heterocycles. The quantitative estimate of drug-likeness (QED) is 0.649. The molecule has 182 valence electrons. The summed E-state index contributed by atoms with van der Waals surface area (Å²) in [5, 5.41) is 3.26. The van der Waals surface area contributed by atoms with Gasteiger partial charge in [-0.1, -0.05) is 38.5 Å². The molecule has 8 heteroatoms. The molecule has 7 nitrogen and oxygen atoms in total. The highest BCUT2D eigenvalue weighted by Gasteiger charge is 2.39. The van der Waals surface area contributed by atoms with E-state index >= 15 is 0 Å². The lowest BCUT2D eigenvalue weighted by Crippen LogP contribution is -2.54. The van der Waals surface area contributed by atoms with E-state index in [1.807, 2.05) is 4.90 Å². The van der Waals surface area contributed by atoms with E-state index in [2.05, 4.69) is 10.2 Å². The molecule has 1 N–H and O–H groups in total. The Kier molecular flexibility index (Phi) is 8.13. The number of amides is 2. The van der Waals surface area contributed by atoms with Gasteiger partial charge >= 0.3 is 0 Å². The fourth-order valence-corrected chi connectivity index (χ4v) is 8.02. The number of carbonyl (C=O) groups excluding carboxylic acids is 2. The van der Waals surface area contributed by atoms with Crippen molar-refractivity contribution in [3.8, 4) is 0 Å². The summed E-state index contributed by atoms with van der Waals surface area (Å²) < 4.78 is 24.3. The topological polar surface area (TPSA) is 86.8 Å². The second-order valence-corrected chi connectivity index (χ2v) is 12.8. The van der Waals surface area contributed by atoms with Crippen LogP contribution in [-0.4, -0.2) is 79.3 Å². The van der Waals surface area contributed by atoms with Gasteiger partial charge in [-0.05, 0) is 51.5 Å².